The summed E-state index contributed by atoms with van der Waals surface area (Å²) in [7, 11) is 0. The Morgan fingerprint density at radius 2 is 0.771 bits per heavy atom. The summed E-state index contributed by atoms with van der Waals surface area (Å²) in [6, 6.07) is 99.1. The average molecular weight is 912 g/mol. The first-order valence-electron chi connectivity index (χ1n) is 23.8. The molecule has 4 heteroatoms. The number of thiophene rings is 1. The number of anilines is 6. The third kappa shape index (κ3) is 7.21. The van der Waals surface area contributed by atoms with Crippen molar-refractivity contribution in [3.63, 3.8) is 0 Å². The van der Waals surface area contributed by atoms with Crippen molar-refractivity contribution in [3.8, 4) is 39.1 Å². The first kappa shape index (κ1) is 41.2. The van der Waals surface area contributed by atoms with Crippen LogP contribution in [-0.2, 0) is 0 Å². The number of fused-ring (bicyclic) bond motifs is 7. The Hall–Kier alpha value is -8.96. The number of hydrogen-bond donors (Lipinski definition) is 0. The lowest BCUT2D eigenvalue weighted by atomic mass is 9.95. The molecule has 0 aliphatic rings. The molecule has 0 aliphatic heterocycles. The van der Waals surface area contributed by atoms with Crippen molar-refractivity contribution in [3.05, 3.63) is 273 Å². The summed E-state index contributed by atoms with van der Waals surface area (Å²) in [6.45, 7) is 0. The predicted octanol–water partition coefficient (Wildman–Crippen LogP) is 19.1. The van der Waals surface area contributed by atoms with Crippen LogP contribution in [-0.4, -0.2) is 4.57 Å². The Balaban J connectivity index is 1.12. The summed E-state index contributed by atoms with van der Waals surface area (Å²) in [4.78, 5) is 4.83. The first-order valence-corrected chi connectivity index (χ1v) is 24.7. The molecule has 3 nitrogen and oxygen atoms in total. The first-order chi connectivity index (χ1) is 34.7. The second kappa shape index (κ2) is 17.6. The van der Waals surface area contributed by atoms with E-state index in [-0.39, 0.29) is 0 Å². The van der Waals surface area contributed by atoms with Crippen molar-refractivity contribution in [1.82, 2.24) is 4.57 Å². The maximum absolute atomic E-state index is 2.49. The zero-order valence-electron chi connectivity index (χ0n) is 38.2. The van der Waals surface area contributed by atoms with Gasteiger partial charge in [-0.3, -0.25) is 0 Å². The molecule has 70 heavy (non-hydrogen) atoms. The standard InChI is InChI=1S/C66H45N3S/c1-6-20-46(21-7-1)48-34-38-53(39-35-48)67(50-24-10-3-11-25-50)55-42-43-62(68(51-26-12-4-13-27-51)54-40-36-49(37-41-54)47-22-8-2-9-23-47)58(44-55)60-45-59-56-30-16-18-32-61(56)69(52-28-14-5-15-29-52)65(59)64-57-31-17-19-33-63(57)70-66(60)64/h1-45H. The Morgan fingerprint density at radius 3 is 1.39 bits per heavy atom. The minimum Gasteiger partial charge on any atom is -0.310 e. The van der Waals surface area contributed by atoms with Gasteiger partial charge in [0.05, 0.1) is 16.7 Å². The lowest BCUT2D eigenvalue weighted by Crippen LogP contribution is -2.13. The third-order valence-electron chi connectivity index (χ3n) is 13.6. The van der Waals surface area contributed by atoms with Crippen LogP contribution in [0.3, 0.4) is 0 Å². The topological polar surface area (TPSA) is 11.4 Å². The van der Waals surface area contributed by atoms with Crippen molar-refractivity contribution in [2.75, 3.05) is 9.80 Å². The molecule has 13 rings (SSSR count). The maximum Gasteiger partial charge on any atom is 0.0634 e. The minimum atomic E-state index is 1.06. The second-order valence-corrected chi connectivity index (χ2v) is 18.7. The number of nitrogens with zero attached hydrogens (tertiary/aromatic N) is 3. The molecule has 0 aliphatic carbocycles. The fourth-order valence-electron chi connectivity index (χ4n) is 10.4. The minimum absolute atomic E-state index is 1.06. The Morgan fingerprint density at radius 1 is 0.314 bits per heavy atom. The van der Waals surface area contributed by atoms with Gasteiger partial charge in [-0.2, -0.15) is 0 Å². The van der Waals surface area contributed by atoms with Crippen molar-refractivity contribution in [1.29, 1.82) is 0 Å². The molecule has 0 amide bonds. The van der Waals surface area contributed by atoms with E-state index in [2.05, 4.69) is 287 Å². The number of hydrogen-bond acceptors (Lipinski definition) is 3. The molecule has 0 radical (unpaired) electrons. The highest BCUT2D eigenvalue weighted by Crippen LogP contribution is 2.52. The van der Waals surface area contributed by atoms with Gasteiger partial charge in [-0.25, -0.2) is 0 Å². The van der Waals surface area contributed by atoms with E-state index in [0.29, 0.717) is 0 Å². The largest absolute Gasteiger partial charge is 0.310 e. The van der Waals surface area contributed by atoms with E-state index in [0.717, 1.165) is 45.4 Å². The van der Waals surface area contributed by atoms with Crippen LogP contribution < -0.4 is 9.80 Å². The van der Waals surface area contributed by atoms with Gasteiger partial charge in [0, 0.05) is 76.2 Å². The molecule has 0 atom stereocenters. The molecular weight excluding hydrogens is 867 g/mol. The molecule has 11 aromatic carbocycles. The number of benzene rings is 11. The van der Waals surface area contributed by atoms with Crippen LogP contribution in [0.5, 0.6) is 0 Å². The maximum atomic E-state index is 2.49. The summed E-state index contributed by atoms with van der Waals surface area (Å²) < 4.78 is 4.99. The highest BCUT2D eigenvalue weighted by Gasteiger charge is 2.26. The van der Waals surface area contributed by atoms with Gasteiger partial charge in [0.25, 0.3) is 0 Å². The van der Waals surface area contributed by atoms with Gasteiger partial charge < -0.3 is 14.4 Å². The van der Waals surface area contributed by atoms with Crippen molar-refractivity contribution in [2.24, 2.45) is 0 Å². The monoisotopic (exact) mass is 911 g/mol. The van der Waals surface area contributed by atoms with Gasteiger partial charge in [-0.05, 0) is 119 Å². The van der Waals surface area contributed by atoms with Crippen LogP contribution in [0.25, 0.3) is 81.0 Å². The Labute approximate surface area is 411 Å². The van der Waals surface area contributed by atoms with Gasteiger partial charge in [-0.1, -0.05) is 176 Å². The Kier molecular flexibility index (Phi) is 10.4. The predicted molar refractivity (Wildman–Crippen MR) is 299 cm³/mol. The molecule has 2 heterocycles. The molecule has 2 aromatic heterocycles. The van der Waals surface area contributed by atoms with Crippen LogP contribution >= 0.6 is 11.3 Å². The summed E-state index contributed by atoms with van der Waals surface area (Å²) in [6.07, 6.45) is 0. The normalized spacial score (nSPS) is 11.4. The number of rotatable bonds is 10. The molecule has 0 saturated heterocycles. The lowest BCUT2D eigenvalue weighted by molar-refractivity contribution is 1.19. The SMILES string of the molecule is c1ccc(-c2ccc(N(c3ccccc3)c3ccc(N(c4ccccc4)c4ccc(-c5ccccc5)cc4)c(-c4cc5c6ccccc6n(-c6ccccc6)c5c5c4sc4ccccc45)c3)cc2)cc1. The van der Waals surface area contributed by atoms with Gasteiger partial charge in [-0.15, -0.1) is 11.3 Å². The molecule has 0 N–H and O–H groups in total. The smallest absolute Gasteiger partial charge is 0.0634 e. The highest BCUT2D eigenvalue weighted by atomic mass is 32.1. The summed E-state index contributed by atoms with van der Waals surface area (Å²) in [5.74, 6) is 0. The van der Waals surface area contributed by atoms with Crippen LogP contribution in [0.15, 0.2) is 273 Å². The summed E-state index contributed by atoms with van der Waals surface area (Å²) in [5.41, 5.74) is 17.1. The molecular formula is C66H45N3S. The molecule has 13 aromatic rings. The van der Waals surface area contributed by atoms with Crippen molar-refractivity contribution < 1.29 is 0 Å². The van der Waals surface area contributed by atoms with E-state index in [9.17, 15) is 0 Å². The number of para-hydroxylation sites is 4. The van der Waals surface area contributed by atoms with Gasteiger partial charge >= 0.3 is 0 Å². The van der Waals surface area contributed by atoms with E-state index >= 15 is 0 Å². The summed E-state index contributed by atoms with van der Waals surface area (Å²) >= 11 is 1.88. The van der Waals surface area contributed by atoms with Crippen LogP contribution in [0, 0.1) is 0 Å². The second-order valence-electron chi connectivity index (χ2n) is 17.7. The fraction of sp³-hybridized carbons (Fsp3) is 0. The average Bonchev–Trinajstić information content (AvgIpc) is 3.99. The van der Waals surface area contributed by atoms with Crippen molar-refractivity contribution >= 4 is 87.4 Å². The zero-order valence-corrected chi connectivity index (χ0v) is 39.0. The zero-order chi connectivity index (χ0) is 46.4. The quantitative estimate of drug-likeness (QED) is 0.135. The van der Waals surface area contributed by atoms with E-state index in [1.54, 1.807) is 0 Å². The van der Waals surface area contributed by atoms with Gasteiger partial charge in [0.1, 0.15) is 0 Å². The fourth-order valence-corrected chi connectivity index (χ4v) is 11.6. The molecule has 0 bridgehead atoms. The summed E-state index contributed by atoms with van der Waals surface area (Å²) in [5, 5.41) is 4.96. The van der Waals surface area contributed by atoms with Gasteiger partial charge in [0.15, 0.2) is 0 Å². The molecule has 330 valence electrons. The molecule has 0 unspecified atom stereocenters. The molecule has 0 fully saturated rings. The lowest BCUT2D eigenvalue weighted by Gasteiger charge is -2.31. The van der Waals surface area contributed by atoms with Crippen molar-refractivity contribution in [2.45, 2.75) is 0 Å². The van der Waals surface area contributed by atoms with E-state index in [4.69, 9.17) is 0 Å². The Bertz CT molecular complexity index is 3960. The van der Waals surface area contributed by atoms with Gasteiger partial charge in [0.2, 0.25) is 0 Å². The van der Waals surface area contributed by atoms with Crippen LogP contribution in [0.1, 0.15) is 0 Å². The third-order valence-corrected chi connectivity index (χ3v) is 14.8. The highest BCUT2D eigenvalue weighted by molar-refractivity contribution is 7.26. The molecule has 0 saturated carbocycles. The molecule has 0 spiro atoms. The van der Waals surface area contributed by atoms with Crippen LogP contribution in [0.2, 0.25) is 0 Å². The van der Waals surface area contributed by atoms with E-state index in [1.807, 2.05) is 11.3 Å². The van der Waals surface area contributed by atoms with E-state index < -0.39 is 0 Å². The number of aromatic nitrogens is 1. The van der Waals surface area contributed by atoms with E-state index in [1.165, 1.54) is 69.8 Å². The van der Waals surface area contributed by atoms with Crippen LogP contribution in [0.4, 0.5) is 34.1 Å².